The number of aliphatic hydroxyl groups is 1. The SMILES string of the molecule is Cc1ccc2nc(N3CCC(CO)CC3)sc2c1. The molecule has 1 N–H and O–H groups in total. The quantitative estimate of drug-likeness (QED) is 0.904. The Balaban J connectivity index is 1.82. The Hall–Kier alpha value is -1.13. The van der Waals surface area contributed by atoms with Crippen LogP contribution >= 0.6 is 11.3 Å². The van der Waals surface area contributed by atoms with Crippen molar-refractivity contribution in [3.8, 4) is 0 Å². The topological polar surface area (TPSA) is 36.4 Å². The van der Waals surface area contributed by atoms with Crippen molar-refractivity contribution in [1.82, 2.24) is 4.98 Å². The van der Waals surface area contributed by atoms with E-state index in [0.29, 0.717) is 12.5 Å². The first-order valence-corrected chi connectivity index (χ1v) is 7.31. The Morgan fingerprint density at radius 1 is 1.39 bits per heavy atom. The second-order valence-corrected chi connectivity index (χ2v) is 6.09. The molecule has 1 saturated heterocycles. The molecule has 3 rings (SSSR count). The zero-order chi connectivity index (χ0) is 12.5. The van der Waals surface area contributed by atoms with Crippen molar-refractivity contribution in [2.75, 3.05) is 24.6 Å². The summed E-state index contributed by atoms with van der Waals surface area (Å²) in [7, 11) is 0. The van der Waals surface area contributed by atoms with E-state index in [4.69, 9.17) is 10.1 Å². The van der Waals surface area contributed by atoms with Crippen LogP contribution in [0.15, 0.2) is 18.2 Å². The molecule has 1 aromatic heterocycles. The predicted molar refractivity (Wildman–Crippen MR) is 76.4 cm³/mol. The molecule has 0 spiro atoms. The second-order valence-electron chi connectivity index (χ2n) is 5.08. The summed E-state index contributed by atoms with van der Waals surface area (Å²) >= 11 is 1.78. The van der Waals surface area contributed by atoms with Gasteiger partial charge in [-0.3, -0.25) is 0 Å². The third kappa shape index (κ3) is 2.22. The number of fused-ring (bicyclic) bond motifs is 1. The van der Waals surface area contributed by atoms with Crippen LogP contribution in [0.1, 0.15) is 18.4 Å². The van der Waals surface area contributed by atoms with E-state index in [0.717, 1.165) is 36.6 Å². The van der Waals surface area contributed by atoms with E-state index >= 15 is 0 Å². The first kappa shape index (κ1) is 11.9. The van der Waals surface area contributed by atoms with Gasteiger partial charge in [0.2, 0.25) is 0 Å². The van der Waals surface area contributed by atoms with Gasteiger partial charge in [-0.05, 0) is 43.4 Å². The van der Waals surface area contributed by atoms with Crippen LogP contribution in [0.2, 0.25) is 0 Å². The highest BCUT2D eigenvalue weighted by Gasteiger charge is 2.20. The van der Waals surface area contributed by atoms with Crippen LogP contribution in [0.4, 0.5) is 5.13 Å². The monoisotopic (exact) mass is 262 g/mol. The lowest BCUT2D eigenvalue weighted by Crippen LogP contribution is -2.34. The molecule has 0 unspecified atom stereocenters. The van der Waals surface area contributed by atoms with Gasteiger partial charge >= 0.3 is 0 Å². The maximum Gasteiger partial charge on any atom is 0.186 e. The average Bonchev–Trinajstić information content (AvgIpc) is 2.81. The third-order valence-electron chi connectivity index (χ3n) is 3.68. The number of hydrogen-bond acceptors (Lipinski definition) is 4. The van der Waals surface area contributed by atoms with Gasteiger partial charge in [0.05, 0.1) is 10.2 Å². The molecular formula is C14H18N2OS. The molecule has 0 bridgehead atoms. The van der Waals surface area contributed by atoms with Crippen molar-refractivity contribution in [1.29, 1.82) is 0 Å². The summed E-state index contributed by atoms with van der Waals surface area (Å²) in [6.45, 7) is 4.48. The molecule has 2 aromatic rings. The van der Waals surface area contributed by atoms with Gasteiger partial charge in [-0.1, -0.05) is 17.4 Å². The van der Waals surface area contributed by atoms with Crippen LogP contribution in [0.5, 0.6) is 0 Å². The van der Waals surface area contributed by atoms with Crippen molar-refractivity contribution in [2.45, 2.75) is 19.8 Å². The summed E-state index contributed by atoms with van der Waals surface area (Å²) in [6, 6.07) is 6.42. The van der Waals surface area contributed by atoms with Crippen LogP contribution < -0.4 is 4.90 Å². The van der Waals surface area contributed by atoms with Gasteiger partial charge in [0.1, 0.15) is 0 Å². The first-order valence-electron chi connectivity index (χ1n) is 6.49. The van der Waals surface area contributed by atoms with Crippen molar-refractivity contribution < 1.29 is 5.11 Å². The van der Waals surface area contributed by atoms with Crippen LogP contribution in [0.25, 0.3) is 10.2 Å². The minimum absolute atomic E-state index is 0.326. The van der Waals surface area contributed by atoms with E-state index < -0.39 is 0 Å². The lowest BCUT2D eigenvalue weighted by molar-refractivity contribution is 0.203. The maximum absolute atomic E-state index is 9.16. The highest BCUT2D eigenvalue weighted by Crippen LogP contribution is 2.31. The number of hydrogen-bond donors (Lipinski definition) is 1. The predicted octanol–water partition coefficient (Wildman–Crippen LogP) is 2.81. The zero-order valence-electron chi connectivity index (χ0n) is 10.6. The van der Waals surface area contributed by atoms with E-state index in [1.165, 1.54) is 10.3 Å². The Kier molecular flexibility index (Phi) is 3.22. The molecule has 3 nitrogen and oxygen atoms in total. The Morgan fingerprint density at radius 3 is 2.89 bits per heavy atom. The van der Waals surface area contributed by atoms with Crippen molar-refractivity contribution in [3.05, 3.63) is 23.8 Å². The Labute approximate surface area is 111 Å². The molecule has 0 aliphatic carbocycles. The zero-order valence-corrected chi connectivity index (χ0v) is 11.4. The van der Waals surface area contributed by atoms with Crippen LogP contribution in [-0.4, -0.2) is 29.8 Å². The fraction of sp³-hybridized carbons (Fsp3) is 0.500. The number of thiazole rings is 1. The molecule has 0 amide bonds. The standard InChI is InChI=1S/C14H18N2OS/c1-10-2-3-12-13(8-10)18-14(15-12)16-6-4-11(9-17)5-7-16/h2-3,8,11,17H,4-7,9H2,1H3. The highest BCUT2D eigenvalue weighted by molar-refractivity contribution is 7.22. The molecule has 1 aromatic carbocycles. The highest BCUT2D eigenvalue weighted by atomic mass is 32.1. The number of nitrogens with zero attached hydrogens (tertiary/aromatic N) is 2. The number of anilines is 1. The van der Waals surface area contributed by atoms with E-state index in [-0.39, 0.29) is 0 Å². The van der Waals surface area contributed by atoms with Crippen LogP contribution in [0, 0.1) is 12.8 Å². The summed E-state index contributed by atoms with van der Waals surface area (Å²) in [4.78, 5) is 7.06. The van der Waals surface area contributed by atoms with Crippen molar-refractivity contribution in [3.63, 3.8) is 0 Å². The Bertz CT molecular complexity index is 544. The van der Waals surface area contributed by atoms with Gasteiger partial charge in [-0.15, -0.1) is 0 Å². The van der Waals surface area contributed by atoms with Crippen LogP contribution in [0.3, 0.4) is 0 Å². The fourth-order valence-electron chi connectivity index (χ4n) is 2.46. The molecule has 1 fully saturated rings. The molecule has 18 heavy (non-hydrogen) atoms. The number of benzene rings is 1. The Morgan fingerprint density at radius 2 is 2.17 bits per heavy atom. The molecule has 2 heterocycles. The third-order valence-corrected chi connectivity index (χ3v) is 4.75. The molecule has 0 radical (unpaired) electrons. The summed E-state index contributed by atoms with van der Waals surface area (Å²) in [6.07, 6.45) is 2.15. The second kappa shape index (κ2) is 4.86. The lowest BCUT2D eigenvalue weighted by atomic mass is 9.98. The summed E-state index contributed by atoms with van der Waals surface area (Å²) in [5.74, 6) is 0.484. The van der Waals surface area contributed by atoms with Gasteiger partial charge in [0, 0.05) is 19.7 Å². The summed E-state index contributed by atoms with van der Waals surface area (Å²) in [5.41, 5.74) is 2.39. The normalized spacial score (nSPS) is 17.6. The number of piperidine rings is 1. The molecule has 1 aliphatic rings. The number of aromatic nitrogens is 1. The van der Waals surface area contributed by atoms with Crippen molar-refractivity contribution in [2.24, 2.45) is 5.92 Å². The van der Waals surface area contributed by atoms with Crippen LogP contribution in [-0.2, 0) is 0 Å². The number of aliphatic hydroxyl groups excluding tert-OH is 1. The first-order chi connectivity index (χ1) is 8.76. The van der Waals surface area contributed by atoms with Gasteiger partial charge in [0.15, 0.2) is 5.13 Å². The van der Waals surface area contributed by atoms with E-state index in [2.05, 4.69) is 30.0 Å². The fourth-order valence-corrected chi connectivity index (χ4v) is 3.58. The molecule has 0 atom stereocenters. The minimum Gasteiger partial charge on any atom is -0.396 e. The summed E-state index contributed by atoms with van der Waals surface area (Å²) in [5, 5.41) is 10.3. The number of rotatable bonds is 2. The maximum atomic E-state index is 9.16. The number of aryl methyl sites for hydroxylation is 1. The van der Waals surface area contributed by atoms with Gasteiger partial charge in [-0.25, -0.2) is 4.98 Å². The van der Waals surface area contributed by atoms with Gasteiger partial charge in [0.25, 0.3) is 0 Å². The van der Waals surface area contributed by atoms with E-state index in [1.54, 1.807) is 11.3 Å². The minimum atomic E-state index is 0.326. The molecular weight excluding hydrogens is 244 g/mol. The average molecular weight is 262 g/mol. The lowest BCUT2D eigenvalue weighted by Gasteiger charge is -2.30. The summed E-state index contributed by atoms with van der Waals surface area (Å²) < 4.78 is 1.27. The van der Waals surface area contributed by atoms with Gasteiger partial charge < -0.3 is 10.0 Å². The molecule has 4 heteroatoms. The molecule has 96 valence electrons. The van der Waals surface area contributed by atoms with E-state index in [1.807, 2.05) is 0 Å². The van der Waals surface area contributed by atoms with E-state index in [9.17, 15) is 0 Å². The molecule has 1 aliphatic heterocycles. The van der Waals surface area contributed by atoms with Crippen molar-refractivity contribution >= 4 is 26.7 Å². The smallest absolute Gasteiger partial charge is 0.186 e. The molecule has 0 saturated carbocycles. The van der Waals surface area contributed by atoms with Gasteiger partial charge in [-0.2, -0.15) is 0 Å². The largest absolute Gasteiger partial charge is 0.396 e.